The van der Waals surface area contributed by atoms with Crippen molar-refractivity contribution in [1.29, 1.82) is 0 Å². The lowest BCUT2D eigenvalue weighted by Crippen LogP contribution is -1.90. The van der Waals surface area contributed by atoms with Crippen molar-refractivity contribution in [3.8, 4) is 0 Å². The molecule has 12 heavy (non-hydrogen) atoms. The van der Waals surface area contributed by atoms with E-state index in [4.69, 9.17) is 5.11 Å². The quantitative estimate of drug-likeness (QED) is 0.386. The molecule has 0 radical (unpaired) electrons. The molecule has 0 rings (SSSR count). The van der Waals surface area contributed by atoms with E-state index in [-0.39, 0.29) is 6.61 Å². The summed E-state index contributed by atoms with van der Waals surface area (Å²) in [5.74, 6) is 0. The average molecular weight is 168 g/mol. The standard InChI is InChI=1S/C10H16O2/c1-9(2)4-3-5-10(8-12)6-7-11/h4,6-7,12H,3,5,8H2,1-2H3. The van der Waals surface area contributed by atoms with E-state index in [1.165, 1.54) is 11.6 Å². The zero-order valence-corrected chi connectivity index (χ0v) is 7.71. The Hall–Kier alpha value is -0.890. The molecule has 0 aromatic carbocycles. The zero-order valence-electron chi connectivity index (χ0n) is 7.71. The molecule has 0 aliphatic carbocycles. The molecule has 0 aliphatic heterocycles. The number of hydrogen-bond donors (Lipinski definition) is 1. The van der Waals surface area contributed by atoms with Crippen LogP contribution in [0.4, 0.5) is 0 Å². The van der Waals surface area contributed by atoms with E-state index in [0.717, 1.165) is 18.4 Å². The minimum atomic E-state index is -0.0185. The summed E-state index contributed by atoms with van der Waals surface area (Å²) in [4.78, 5) is 10.1. The molecule has 0 bridgehead atoms. The highest BCUT2D eigenvalue weighted by molar-refractivity contribution is 5.66. The van der Waals surface area contributed by atoms with Crippen LogP contribution < -0.4 is 0 Å². The minimum absolute atomic E-state index is 0.0185. The van der Waals surface area contributed by atoms with Gasteiger partial charge in [0.2, 0.25) is 0 Å². The topological polar surface area (TPSA) is 37.3 Å². The van der Waals surface area contributed by atoms with Crippen LogP contribution in [0.2, 0.25) is 0 Å². The van der Waals surface area contributed by atoms with Crippen molar-refractivity contribution in [2.75, 3.05) is 6.61 Å². The molecule has 0 aromatic rings. The van der Waals surface area contributed by atoms with Crippen molar-refractivity contribution < 1.29 is 9.90 Å². The van der Waals surface area contributed by atoms with Crippen LogP contribution in [0.5, 0.6) is 0 Å². The normalized spacial score (nSPS) is 11.1. The zero-order chi connectivity index (χ0) is 9.40. The predicted octanol–water partition coefficient (Wildman–Crippen LogP) is 1.85. The molecule has 2 heteroatoms. The van der Waals surface area contributed by atoms with Gasteiger partial charge in [-0.2, -0.15) is 0 Å². The van der Waals surface area contributed by atoms with Gasteiger partial charge in [0, 0.05) is 0 Å². The van der Waals surface area contributed by atoms with Crippen molar-refractivity contribution in [3.05, 3.63) is 23.3 Å². The van der Waals surface area contributed by atoms with Gasteiger partial charge >= 0.3 is 0 Å². The van der Waals surface area contributed by atoms with E-state index in [0.29, 0.717) is 6.29 Å². The van der Waals surface area contributed by atoms with E-state index in [1.807, 2.05) is 13.8 Å². The summed E-state index contributed by atoms with van der Waals surface area (Å²) in [5, 5.41) is 8.77. The highest BCUT2D eigenvalue weighted by atomic mass is 16.3. The van der Waals surface area contributed by atoms with Crippen LogP contribution in [0.25, 0.3) is 0 Å². The van der Waals surface area contributed by atoms with Crippen LogP contribution in [0, 0.1) is 0 Å². The second-order valence-corrected chi connectivity index (χ2v) is 2.94. The Morgan fingerprint density at radius 3 is 2.50 bits per heavy atom. The fourth-order valence-electron chi connectivity index (χ4n) is 0.858. The third-order valence-electron chi connectivity index (χ3n) is 1.52. The van der Waals surface area contributed by atoms with Crippen LogP contribution in [0.3, 0.4) is 0 Å². The SMILES string of the molecule is CC(C)=CCCC(=CC=O)CO. The fourth-order valence-corrected chi connectivity index (χ4v) is 0.858. The third kappa shape index (κ3) is 5.86. The van der Waals surface area contributed by atoms with Crippen molar-refractivity contribution in [1.82, 2.24) is 0 Å². The van der Waals surface area contributed by atoms with Gasteiger partial charge in [0.05, 0.1) is 6.61 Å². The van der Waals surface area contributed by atoms with Gasteiger partial charge in [-0.15, -0.1) is 0 Å². The van der Waals surface area contributed by atoms with Gasteiger partial charge in [-0.1, -0.05) is 11.6 Å². The Balaban J connectivity index is 3.81. The maximum absolute atomic E-state index is 10.1. The van der Waals surface area contributed by atoms with Gasteiger partial charge < -0.3 is 5.11 Å². The summed E-state index contributed by atoms with van der Waals surface area (Å²) in [7, 11) is 0. The van der Waals surface area contributed by atoms with Crippen LogP contribution in [0.1, 0.15) is 26.7 Å². The average Bonchev–Trinajstić information content (AvgIpc) is 2.02. The molecule has 0 saturated heterocycles. The van der Waals surface area contributed by atoms with Crippen LogP contribution in [0.15, 0.2) is 23.3 Å². The first-order chi connectivity index (χ1) is 5.70. The summed E-state index contributed by atoms with van der Waals surface area (Å²) in [6.07, 6.45) is 5.89. The molecular weight excluding hydrogens is 152 g/mol. The van der Waals surface area contributed by atoms with E-state index >= 15 is 0 Å². The van der Waals surface area contributed by atoms with Crippen molar-refractivity contribution in [2.45, 2.75) is 26.7 Å². The second-order valence-electron chi connectivity index (χ2n) is 2.94. The second kappa shape index (κ2) is 6.80. The van der Waals surface area contributed by atoms with Crippen LogP contribution in [-0.4, -0.2) is 18.0 Å². The monoisotopic (exact) mass is 168 g/mol. The number of aldehydes is 1. The molecule has 0 heterocycles. The fraction of sp³-hybridized carbons (Fsp3) is 0.500. The maximum atomic E-state index is 10.1. The Labute approximate surface area is 73.6 Å². The summed E-state index contributed by atoms with van der Waals surface area (Å²) in [6, 6.07) is 0. The Morgan fingerprint density at radius 1 is 1.42 bits per heavy atom. The van der Waals surface area contributed by atoms with Crippen molar-refractivity contribution >= 4 is 6.29 Å². The number of aliphatic hydroxyl groups is 1. The molecule has 0 unspecified atom stereocenters. The largest absolute Gasteiger partial charge is 0.392 e. The predicted molar refractivity (Wildman–Crippen MR) is 49.9 cm³/mol. The van der Waals surface area contributed by atoms with Gasteiger partial charge in [-0.3, -0.25) is 4.79 Å². The molecular formula is C10H16O2. The number of aliphatic hydroxyl groups excluding tert-OH is 1. The van der Waals surface area contributed by atoms with E-state index < -0.39 is 0 Å². The Bertz CT molecular complexity index is 186. The lowest BCUT2D eigenvalue weighted by atomic mass is 10.1. The number of hydrogen-bond acceptors (Lipinski definition) is 2. The van der Waals surface area contributed by atoms with Crippen molar-refractivity contribution in [2.24, 2.45) is 0 Å². The molecule has 68 valence electrons. The highest BCUT2D eigenvalue weighted by Crippen LogP contribution is 2.05. The van der Waals surface area contributed by atoms with Gasteiger partial charge in [0.15, 0.2) is 0 Å². The molecule has 0 aromatic heterocycles. The lowest BCUT2D eigenvalue weighted by molar-refractivity contribution is -0.104. The first-order valence-electron chi connectivity index (χ1n) is 4.08. The minimum Gasteiger partial charge on any atom is -0.392 e. The highest BCUT2D eigenvalue weighted by Gasteiger charge is 1.92. The van der Waals surface area contributed by atoms with Gasteiger partial charge in [-0.25, -0.2) is 0 Å². The first kappa shape index (κ1) is 11.1. The number of rotatable bonds is 5. The first-order valence-corrected chi connectivity index (χ1v) is 4.08. The summed E-state index contributed by atoms with van der Waals surface area (Å²) < 4.78 is 0. The number of carbonyl (C=O) groups is 1. The van der Waals surface area contributed by atoms with Gasteiger partial charge in [0.1, 0.15) is 6.29 Å². The van der Waals surface area contributed by atoms with Gasteiger partial charge in [-0.05, 0) is 38.3 Å². The molecule has 0 fully saturated rings. The summed E-state index contributed by atoms with van der Waals surface area (Å²) >= 11 is 0. The van der Waals surface area contributed by atoms with Crippen LogP contribution in [-0.2, 0) is 4.79 Å². The summed E-state index contributed by atoms with van der Waals surface area (Å²) in [5.41, 5.74) is 2.06. The molecule has 0 atom stereocenters. The maximum Gasteiger partial charge on any atom is 0.142 e. The Kier molecular flexibility index (Phi) is 6.29. The molecule has 0 saturated carbocycles. The number of allylic oxidation sites excluding steroid dienone is 3. The van der Waals surface area contributed by atoms with E-state index in [1.54, 1.807) is 0 Å². The Morgan fingerprint density at radius 2 is 2.08 bits per heavy atom. The molecule has 0 aliphatic rings. The number of carbonyl (C=O) groups excluding carboxylic acids is 1. The molecule has 0 spiro atoms. The molecule has 1 N–H and O–H groups in total. The smallest absolute Gasteiger partial charge is 0.142 e. The van der Waals surface area contributed by atoms with Crippen molar-refractivity contribution in [3.63, 3.8) is 0 Å². The van der Waals surface area contributed by atoms with Crippen LogP contribution >= 0.6 is 0 Å². The molecule has 0 amide bonds. The molecule has 2 nitrogen and oxygen atoms in total. The lowest BCUT2D eigenvalue weighted by Gasteiger charge is -1.98. The van der Waals surface area contributed by atoms with Gasteiger partial charge in [0.25, 0.3) is 0 Å². The van der Waals surface area contributed by atoms with E-state index in [2.05, 4.69) is 6.08 Å². The summed E-state index contributed by atoms with van der Waals surface area (Å²) in [6.45, 7) is 4.04. The third-order valence-corrected chi connectivity index (χ3v) is 1.52. The van der Waals surface area contributed by atoms with E-state index in [9.17, 15) is 4.79 Å².